The second-order valence-corrected chi connectivity index (χ2v) is 13.7. The lowest BCUT2D eigenvalue weighted by atomic mass is 9.47. The topological polar surface area (TPSA) is 0 Å². The van der Waals surface area contributed by atoms with Gasteiger partial charge in [0.1, 0.15) is 0 Å². The van der Waals surface area contributed by atoms with Crippen LogP contribution >= 0.6 is 0 Å². The van der Waals surface area contributed by atoms with Crippen LogP contribution in [-0.2, 0) is 25.7 Å². The predicted molar refractivity (Wildman–Crippen MR) is 169 cm³/mol. The molecule has 0 amide bonds. The van der Waals surface area contributed by atoms with Crippen LogP contribution in [0, 0.1) is 38.0 Å². The fourth-order valence-corrected chi connectivity index (χ4v) is 7.90. The Balaban J connectivity index is 0.000000120. The van der Waals surface area contributed by atoms with E-state index >= 15 is 0 Å². The van der Waals surface area contributed by atoms with Crippen molar-refractivity contribution < 1.29 is 0 Å². The largest absolute Gasteiger partial charge is 0.0998 e. The maximum atomic E-state index is 4.08. The van der Waals surface area contributed by atoms with Crippen molar-refractivity contribution in [2.24, 2.45) is 17.3 Å². The number of aryl methyl sites for hydroxylation is 4. The van der Waals surface area contributed by atoms with E-state index < -0.39 is 0 Å². The molecule has 206 valence electrons. The average Bonchev–Trinajstić information content (AvgIpc) is 3.31. The van der Waals surface area contributed by atoms with E-state index in [4.69, 9.17) is 0 Å². The van der Waals surface area contributed by atoms with Gasteiger partial charge in [-0.05, 0) is 152 Å². The van der Waals surface area contributed by atoms with Gasteiger partial charge in [-0.3, -0.25) is 0 Å². The molecule has 1 fully saturated rings. The summed E-state index contributed by atoms with van der Waals surface area (Å²) in [6.45, 7) is 20.2. The molecule has 0 aliphatic heterocycles. The molecule has 2 unspecified atom stereocenters. The van der Waals surface area contributed by atoms with Crippen LogP contribution in [-0.4, -0.2) is 0 Å². The van der Waals surface area contributed by atoms with Gasteiger partial charge in [-0.15, -0.1) is 0 Å². The van der Waals surface area contributed by atoms with Gasteiger partial charge in [0.25, 0.3) is 0 Å². The van der Waals surface area contributed by atoms with Crippen LogP contribution in [0.1, 0.15) is 109 Å². The molecule has 5 aliphatic carbocycles. The summed E-state index contributed by atoms with van der Waals surface area (Å²) in [4.78, 5) is 0. The van der Waals surface area contributed by atoms with E-state index in [9.17, 15) is 0 Å². The predicted octanol–water partition coefficient (Wildman–Crippen LogP) is 10.4. The molecule has 0 spiro atoms. The van der Waals surface area contributed by atoms with Crippen LogP contribution < -0.4 is 0 Å². The molecule has 1 saturated carbocycles. The van der Waals surface area contributed by atoms with Gasteiger partial charge in [-0.1, -0.05) is 87.5 Å². The zero-order valence-electron chi connectivity index (χ0n) is 25.7. The van der Waals surface area contributed by atoms with E-state index in [-0.39, 0.29) is 0 Å². The minimum atomic E-state index is 0.570. The quantitative estimate of drug-likeness (QED) is 0.281. The highest BCUT2D eigenvalue weighted by Crippen LogP contribution is 2.62. The normalized spacial score (nSPS) is 24.9. The van der Waals surface area contributed by atoms with Crippen molar-refractivity contribution in [3.8, 4) is 0 Å². The Hall–Kier alpha value is -2.60. The Bertz CT molecular complexity index is 1350. The molecule has 5 aliphatic rings. The molecule has 0 aromatic heterocycles. The first-order chi connectivity index (χ1) is 18.6. The number of hydrogen-bond donors (Lipinski definition) is 0. The number of benzene rings is 3. The highest BCUT2D eigenvalue weighted by atomic mass is 14.6. The average molecular weight is 519 g/mol. The van der Waals surface area contributed by atoms with Crippen LogP contribution in [0.3, 0.4) is 0 Å². The van der Waals surface area contributed by atoms with Crippen LogP contribution in [0.2, 0.25) is 0 Å². The third-order valence-corrected chi connectivity index (χ3v) is 11.0. The highest BCUT2D eigenvalue weighted by molar-refractivity contribution is 5.44. The van der Waals surface area contributed by atoms with Crippen molar-refractivity contribution in [2.75, 3.05) is 0 Å². The molecular weight excluding hydrogens is 468 g/mol. The highest BCUT2D eigenvalue weighted by Gasteiger charge is 2.52. The lowest BCUT2D eigenvalue weighted by Gasteiger charge is -2.57. The second-order valence-electron chi connectivity index (χ2n) is 13.7. The summed E-state index contributed by atoms with van der Waals surface area (Å²) in [7, 11) is 0. The number of rotatable bonds is 1. The molecule has 3 aromatic carbocycles. The second kappa shape index (κ2) is 11.1. The molecule has 8 rings (SSSR count). The molecular formula is C39H50. The van der Waals surface area contributed by atoms with Crippen LogP contribution in [0.15, 0.2) is 66.7 Å². The van der Waals surface area contributed by atoms with E-state index in [1.165, 1.54) is 67.2 Å². The van der Waals surface area contributed by atoms with Gasteiger partial charge in [0, 0.05) is 0 Å². The van der Waals surface area contributed by atoms with Gasteiger partial charge in [-0.25, -0.2) is 0 Å². The van der Waals surface area contributed by atoms with Gasteiger partial charge < -0.3 is 0 Å². The zero-order chi connectivity index (χ0) is 27.9. The molecule has 3 aromatic rings. The summed E-state index contributed by atoms with van der Waals surface area (Å²) in [6.07, 6.45) is 9.12. The molecule has 2 bridgehead atoms. The first kappa shape index (κ1) is 27.9. The molecule has 0 N–H and O–H groups in total. The van der Waals surface area contributed by atoms with Gasteiger partial charge in [0.15, 0.2) is 0 Å². The number of fused-ring (bicyclic) bond motifs is 2. The van der Waals surface area contributed by atoms with Gasteiger partial charge in [-0.2, -0.15) is 0 Å². The van der Waals surface area contributed by atoms with Crippen molar-refractivity contribution in [3.63, 3.8) is 0 Å². The minimum absolute atomic E-state index is 0.570. The fourth-order valence-electron chi connectivity index (χ4n) is 7.90. The summed E-state index contributed by atoms with van der Waals surface area (Å²) in [5.74, 6) is 3.30. The smallest absolute Gasteiger partial charge is 0.0102 e. The van der Waals surface area contributed by atoms with Crippen molar-refractivity contribution in [2.45, 2.75) is 105 Å². The SMILES string of the molecule is C=C(C)[C@H]1CCc2cccc(C)c2C1.Cc1cccc2c1CC1CC2C1(C)C.Cc1cccc2c1CC[C@H]2C. The Morgan fingerprint density at radius 2 is 1.36 bits per heavy atom. The fraction of sp³-hybridized carbons (Fsp3) is 0.487. The molecule has 0 saturated heterocycles. The molecule has 39 heavy (non-hydrogen) atoms. The van der Waals surface area contributed by atoms with E-state index in [1.54, 1.807) is 33.4 Å². The first-order valence-electron chi connectivity index (χ1n) is 15.5. The van der Waals surface area contributed by atoms with Gasteiger partial charge in [0.05, 0.1) is 0 Å². The lowest BCUT2D eigenvalue weighted by Crippen LogP contribution is -2.48. The number of hydrogen-bond acceptors (Lipinski definition) is 0. The summed E-state index contributed by atoms with van der Waals surface area (Å²) < 4.78 is 0. The Kier molecular flexibility index (Phi) is 7.96. The summed E-state index contributed by atoms with van der Waals surface area (Å²) in [6, 6.07) is 20.2. The number of allylic oxidation sites excluding steroid dienone is 1. The van der Waals surface area contributed by atoms with E-state index in [2.05, 4.69) is 110 Å². The maximum Gasteiger partial charge on any atom is -0.0102 e. The molecule has 0 nitrogen and oxygen atoms in total. The van der Waals surface area contributed by atoms with Crippen molar-refractivity contribution in [1.29, 1.82) is 0 Å². The standard InChI is InChI=1S/2C14H18.C11H14/c1-9-5-4-6-11-12(9)7-10-8-13(11)14(10,2)3;1-10(2)13-8-7-12-6-4-5-11(3)14(12)9-13;1-8-4-3-5-10-9(2)6-7-11(8)10/h4-6,10,13H,7-8H2,1-3H3;4-6,13H,1,7-9H2,2-3H3;3-5,9H,6-7H2,1-2H3/t;13-;9-/m.01/s1. The van der Waals surface area contributed by atoms with E-state index in [0.29, 0.717) is 11.3 Å². The molecule has 4 atom stereocenters. The molecule has 0 heteroatoms. The minimum Gasteiger partial charge on any atom is -0.0998 e. The monoisotopic (exact) mass is 518 g/mol. The van der Waals surface area contributed by atoms with Crippen molar-refractivity contribution in [1.82, 2.24) is 0 Å². The van der Waals surface area contributed by atoms with Crippen molar-refractivity contribution in [3.05, 3.63) is 117 Å². The Morgan fingerprint density at radius 1 is 0.744 bits per heavy atom. The van der Waals surface area contributed by atoms with E-state index in [0.717, 1.165) is 17.8 Å². The third-order valence-electron chi connectivity index (χ3n) is 11.0. The Labute approximate surface area is 239 Å². The van der Waals surface area contributed by atoms with Gasteiger partial charge >= 0.3 is 0 Å². The lowest BCUT2D eigenvalue weighted by molar-refractivity contribution is 0.0183. The summed E-state index contributed by atoms with van der Waals surface area (Å²) in [5.41, 5.74) is 16.0. The molecule has 0 radical (unpaired) electrons. The van der Waals surface area contributed by atoms with Crippen LogP contribution in [0.25, 0.3) is 0 Å². The third kappa shape index (κ3) is 5.41. The summed E-state index contributed by atoms with van der Waals surface area (Å²) >= 11 is 0. The Morgan fingerprint density at radius 3 is 2.00 bits per heavy atom. The summed E-state index contributed by atoms with van der Waals surface area (Å²) in [5, 5.41) is 0. The van der Waals surface area contributed by atoms with E-state index in [1.807, 2.05) is 0 Å². The zero-order valence-corrected chi connectivity index (χ0v) is 25.7. The maximum absolute atomic E-state index is 4.08. The molecule has 0 heterocycles. The van der Waals surface area contributed by atoms with Gasteiger partial charge in [0.2, 0.25) is 0 Å². The van der Waals surface area contributed by atoms with Crippen LogP contribution in [0.4, 0.5) is 0 Å². The van der Waals surface area contributed by atoms with Crippen molar-refractivity contribution >= 4 is 0 Å². The van der Waals surface area contributed by atoms with Crippen LogP contribution in [0.5, 0.6) is 0 Å². The first-order valence-corrected chi connectivity index (χ1v) is 15.5.